The number of rotatable bonds is 3. The van der Waals surface area contributed by atoms with Crippen LogP contribution in [-0.2, 0) is 0 Å². The van der Waals surface area contributed by atoms with E-state index in [0.717, 1.165) is 19.8 Å². The summed E-state index contributed by atoms with van der Waals surface area (Å²) in [5, 5.41) is 19.6. The van der Waals surface area contributed by atoms with Crippen molar-refractivity contribution in [1.29, 1.82) is 5.26 Å². The van der Waals surface area contributed by atoms with Gasteiger partial charge < -0.3 is 0 Å². The number of nitrogens with one attached hydrogen (secondary N) is 1. The predicted molar refractivity (Wildman–Crippen MR) is 84.8 cm³/mol. The van der Waals surface area contributed by atoms with Crippen LogP contribution in [0.15, 0.2) is 62.8 Å². The maximum absolute atomic E-state index is 9.10. The molecule has 1 heterocycles. The van der Waals surface area contributed by atoms with Crippen LogP contribution in [0.1, 0.15) is 5.69 Å². The molecule has 0 radical (unpaired) electrons. The van der Waals surface area contributed by atoms with Crippen molar-refractivity contribution < 1.29 is 0 Å². The molecule has 6 heteroatoms. The van der Waals surface area contributed by atoms with E-state index < -0.39 is 0 Å². The zero-order valence-electron chi connectivity index (χ0n) is 10.7. The van der Waals surface area contributed by atoms with E-state index in [1.807, 2.05) is 48.5 Å². The lowest BCUT2D eigenvalue weighted by molar-refractivity contribution is 0.936. The molecule has 4 nitrogen and oxygen atoms in total. The van der Waals surface area contributed by atoms with Crippen LogP contribution in [0.25, 0.3) is 11.3 Å². The molecule has 1 aromatic heterocycles. The standard InChI is InChI=1S/C15H9BrN4S/c16-10-5-7-11(8-6-10)21-14-4-2-1-3-12(14)15-13(9-17)18-20-19-15/h1-8H,(H,18,19,20). The van der Waals surface area contributed by atoms with E-state index in [0.29, 0.717) is 11.4 Å². The van der Waals surface area contributed by atoms with Gasteiger partial charge in [0.2, 0.25) is 0 Å². The fourth-order valence-corrected chi connectivity index (χ4v) is 3.09. The summed E-state index contributed by atoms with van der Waals surface area (Å²) in [5.41, 5.74) is 1.78. The Morgan fingerprint density at radius 3 is 2.57 bits per heavy atom. The summed E-state index contributed by atoms with van der Waals surface area (Å²) in [7, 11) is 0. The van der Waals surface area contributed by atoms with Crippen molar-refractivity contribution in [3.63, 3.8) is 0 Å². The van der Waals surface area contributed by atoms with Crippen molar-refractivity contribution in [3.05, 3.63) is 58.7 Å². The largest absolute Gasteiger partial charge is 0.196 e. The molecule has 0 amide bonds. The number of nitrogens with zero attached hydrogens (tertiary/aromatic N) is 3. The molecular weight excluding hydrogens is 348 g/mol. The SMILES string of the molecule is N#Cc1n[nH]nc1-c1ccccc1Sc1ccc(Br)cc1. The molecule has 0 saturated heterocycles. The molecule has 0 aliphatic rings. The molecule has 0 saturated carbocycles. The van der Waals surface area contributed by atoms with E-state index in [1.165, 1.54) is 0 Å². The quantitative estimate of drug-likeness (QED) is 0.761. The van der Waals surface area contributed by atoms with Crippen LogP contribution in [-0.4, -0.2) is 15.4 Å². The van der Waals surface area contributed by atoms with Gasteiger partial charge in [-0.25, -0.2) is 0 Å². The number of aromatic amines is 1. The minimum Gasteiger partial charge on any atom is -0.196 e. The Labute approximate surface area is 134 Å². The van der Waals surface area contributed by atoms with Gasteiger partial charge in [-0.15, -0.1) is 5.10 Å². The lowest BCUT2D eigenvalue weighted by Crippen LogP contribution is -1.86. The van der Waals surface area contributed by atoms with Crippen LogP contribution < -0.4 is 0 Å². The molecule has 0 atom stereocenters. The second kappa shape index (κ2) is 6.12. The normalized spacial score (nSPS) is 10.3. The smallest absolute Gasteiger partial charge is 0.190 e. The highest BCUT2D eigenvalue weighted by Crippen LogP contribution is 2.36. The molecule has 0 fully saturated rings. The topological polar surface area (TPSA) is 65.4 Å². The molecular formula is C15H9BrN4S. The molecule has 3 aromatic rings. The second-order valence-corrected chi connectivity index (χ2v) is 6.22. The molecule has 0 aliphatic carbocycles. The van der Waals surface area contributed by atoms with Gasteiger partial charge in [-0.05, 0) is 30.3 Å². The van der Waals surface area contributed by atoms with Crippen LogP contribution in [0.4, 0.5) is 0 Å². The van der Waals surface area contributed by atoms with E-state index in [1.54, 1.807) is 11.8 Å². The molecule has 1 N–H and O–H groups in total. The van der Waals surface area contributed by atoms with Crippen molar-refractivity contribution >= 4 is 27.7 Å². The van der Waals surface area contributed by atoms with Crippen molar-refractivity contribution in [2.45, 2.75) is 9.79 Å². The first-order valence-electron chi connectivity index (χ1n) is 6.11. The predicted octanol–water partition coefficient (Wildman–Crippen LogP) is 4.26. The third-order valence-corrected chi connectivity index (χ3v) is 4.45. The first-order valence-corrected chi connectivity index (χ1v) is 7.72. The number of nitriles is 1. The van der Waals surface area contributed by atoms with Gasteiger partial charge in [0.15, 0.2) is 5.69 Å². The van der Waals surface area contributed by atoms with E-state index in [4.69, 9.17) is 5.26 Å². The van der Waals surface area contributed by atoms with E-state index in [-0.39, 0.29) is 0 Å². The lowest BCUT2D eigenvalue weighted by atomic mass is 10.1. The summed E-state index contributed by atoms with van der Waals surface area (Å²) in [6, 6.07) is 18.0. The van der Waals surface area contributed by atoms with Crippen molar-refractivity contribution in [2.24, 2.45) is 0 Å². The van der Waals surface area contributed by atoms with Crippen molar-refractivity contribution in [1.82, 2.24) is 15.4 Å². The molecule has 0 spiro atoms. The Morgan fingerprint density at radius 1 is 1.05 bits per heavy atom. The van der Waals surface area contributed by atoms with Gasteiger partial charge in [0, 0.05) is 19.8 Å². The maximum Gasteiger partial charge on any atom is 0.190 e. The zero-order valence-corrected chi connectivity index (χ0v) is 13.1. The molecule has 3 rings (SSSR count). The third-order valence-electron chi connectivity index (χ3n) is 2.84. The first-order chi connectivity index (χ1) is 10.3. The molecule has 0 aliphatic heterocycles. The first kappa shape index (κ1) is 13.9. The lowest BCUT2D eigenvalue weighted by Gasteiger charge is -2.07. The molecule has 0 unspecified atom stereocenters. The average molecular weight is 357 g/mol. The Hall–Kier alpha value is -2.10. The Balaban J connectivity index is 2.01. The van der Waals surface area contributed by atoms with Gasteiger partial charge in [-0.1, -0.05) is 45.9 Å². The molecule has 0 bridgehead atoms. The highest BCUT2D eigenvalue weighted by atomic mass is 79.9. The van der Waals surface area contributed by atoms with Crippen LogP contribution in [0.2, 0.25) is 0 Å². The molecule has 21 heavy (non-hydrogen) atoms. The minimum absolute atomic E-state index is 0.304. The zero-order chi connectivity index (χ0) is 14.7. The Morgan fingerprint density at radius 2 is 1.81 bits per heavy atom. The number of H-pyrrole nitrogens is 1. The molecule has 102 valence electrons. The summed E-state index contributed by atoms with van der Waals surface area (Å²) in [4.78, 5) is 2.15. The van der Waals surface area contributed by atoms with Crippen LogP contribution in [0.5, 0.6) is 0 Å². The van der Waals surface area contributed by atoms with Gasteiger partial charge in [-0.3, -0.25) is 0 Å². The average Bonchev–Trinajstić information content (AvgIpc) is 2.98. The van der Waals surface area contributed by atoms with Crippen LogP contribution >= 0.6 is 27.7 Å². The van der Waals surface area contributed by atoms with Crippen LogP contribution in [0.3, 0.4) is 0 Å². The summed E-state index contributed by atoms with van der Waals surface area (Å²) >= 11 is 5.06. The minimum atomic E-state index is 0.304. The van der Waals surface area contributed by atoms with Gasteiger partial charge in [-0.2, -0.15) is 15.6 Å². The number of hydrogen-bond donors (Lipinski definition) is 1. The number of hydrogen-bond acceptors (Lipinski definition) is 4. The monoisotopic (exact) mass is 356 g/mol. The maximum atomic E-state index is 9.10. The summed E-state index contributed by atoms with van der Waals surface area (Å²) in [6.45, 7) is 0. The number of aromatic nitrogens is 3. The van der Waals surface area contributed by atoms with Crippen molar-refractivity contribution in [3.8, 4) is 17.3 Å². The fourth-order valence-electron chi connectivity index (χ4n) is 1.88. The van der Waals surface area contributed by atoms with Gasteiger partial charge in [0.25, 0.3) is 0 Å². The Kier molecular flexibility index (Phi) is 4.04. The highest BCUT2D eigenvalue weighted by molar-refractivity contribution is 9.10. The van der Waals surface area contributed by atoms with Crippen molar-refractivity contribution in [2.75, 3.05) is 0 Å². The summed E-state index contributed by atoms with van der Waals surface area (Å²) in [5.74, 6) is 0. The van der Waals surface area contributed by atoms with E-state index >= 15 is 0 Å². The Bertz CT molecular complexity index is 805. The van der Waals surface area contributed by atoms with Gasteiger partial charge in [0.1, 0.15) is 11.8 Å². The summed E-state index contributed by atoms with van der Waals surface area (Å²) in [6.07, 6.45) is 0. The second-order valence-electron chi connectivity index (χ2n) is 4.18. The fraction of sp³-hybridized carbons (Fsp3) is 0. The number of halogens is 1. The summed E-state index contributed by atoms with van der Waals surface area (Å²) < 4.78 is 1.04. The van der Waals surface area contributed by atoms with Crippen LogP contribution in [0, 0.1) is 11.3 Å². The van der Waals surface area contributed by atoms with E-state index in [9.17, 15) is 0 Å². The molecule has 2 aromatic carbocycles. The van der Waals surface area contributed by atoms with E-state index in [2.05, 4.69) is 37.4 Å². The third kappa shape index (κ3) is 2.99. The van der Waals surface area contributed by atoms with Gasteiger partial charge >= 0.3 is 0 Å². The van der Waals surface area contributed by atoms with Gasteiger partial charge in [0.05, 0.1) is 0 Å². The highest BCUT2D eigenvalue weighted by Gasteiger charge is 2.14. The number of benzene rings is 2.